The van der Waals surface area contributed by atoms with Crippen LogP contribution in [0.1, 0.15) is 27.4 Å². The monoisotopic (exact) mass is 229 g/mol. The maximum atomic E-state index is 11.8. The number of aryl methyl sites for hydroxylation is 1. The summed E-state index contributed by atoms with van der Waals surface area (Å²) in [5.41, 5.74) is 0.440. The number of carbonyl (C=O) groups excluding carboxylic acids is 2. The van der Waals surface area contributed by atoms with Crippen molar-refractivity contribution in [1.82, 2.24) is 14.5 Å². The predicted molar refractivity (Wildman–Crippen MR) is 60.7 cm³/mol. The molecule has 0 aliphatic rings. The summed E-state index contributed by atoms with van der Waals surface area (Å²) in [7, 11) is 1.72. The molecule has 5 heteroatoms. The molecule has 0 N–H and O–H groups in total. The van der Waals surface area contributed by atoms with Gasteiger partial charge in [-0.25, -0.2) is 4.98 Å². The number of rotatable bonds is 4. The average molecular weight is 229 g/mol. The van der Waals surface area contributed by atoms with Crippen molar-refractivity contribution in [1.29, 1.82) is 0 Å². The lowest BCUT2D eigenvalue weighted by molar-refractivity contribution is 0.0886. The first-order valence-corrected chi connectivity index (χ1v) is 5.12. The highest BCUT2D eigenvalue weighted by molar-refractivity contribution is 6.12. The van der Waals surface area contributed by atoms with E-state index in [4.69, 9.17) is 0 Å². The molecule has 17 heavy (non-hydrogen) atoms. The third-order valence-electron chi connectivity index (χ3n) is 2.38. The van der Waals surface area contributed by atoms with Crippen LogP contribution >= 0.6 is 0 Å². The lowest BCUT2D eigenvalue weighted by Gasteiger charge is -2.00. The van der Waals surface area contributed by atoms with Gasteiger partial charge in [-0.15, -0.1) is 0 Å². The summed E-state index contributed by atoms with van der Waals surface area (Å²) in [5, 5.41) is 0. The van der Waals surface area contributed by atoms with Crippen molar-refractivity contribution in [3.63, 3.8) is 0 Å². The van der Waals surface area contributed by atoms with Gasteiger partial charge in [0.1, 0.15) is 0 Å². The van der Waals surface area contributed by atoms with Crippen LogP contribution < -0.4 is 0 Å². The van der Waals surface area contributed by atoms with E-state index in [9.17, 15) is 9.59 Å². The number of imidazole rings is 1. The molecule has 2 aromatic rings. The number of pyridine rings is 1. The molecule has 0 fully saturated rings. The van der Waals surface area contributed by atoms with Crippen LogP contribution in [0.3, 0.4) is 0 Å². The van der Waals surface area contributed by atoms with Crippen molar-refractivity contribution in [2.45, 2.75) is 6.42 Å². The van der Waals surface area contributed by atoms with E-state index in [1.54, 1.807) is 36.1 Å². The number of aromatic nitrogens is 3. The minimum Gasteiger partial charge on any atom is -0.332 e. The second-order valence-electron chi connectivity index (χ2n) is 3.63. The molecule has 5 nitrogen and oxygen atoms in total. The lowest BCUT2D eigenvalue weighted by atomic mass is 10.1. The minimum absolute atomic E-state index is 0.184. The third-order valence-corrected chi connectivity index (χ3v) is 2.38. The Balaban J connectivity index is 2.10. The molecule has 0 amide bonds. The van der Waals surface area contributed by atoms with Gasteiger partial charge in [0, 0.05) is 37.4 Å². The molecular weight excluding hydrogens is 218 g/mol. The molecule has 0 unspecified atom stereocenters. The van der Waals surface area contributed by atoms with Gasteiger partial charge in [0.15, 0.2) is 11.6 Å². The summed E-state index contributed by atoms with van der Waals surface area (Å²) >= 11 is 0. The highest BCUT2D eigenvalue weighted by Gasteiger charge is 2.16. The molecule has 2 rings (SSSR count). The first-order valence-electron chi connectivity index (χ1n) is 5.12. The summed E-state index contributed by atoms with van der Waals surface area (Å²) < 4.78 is 1.60. The number of Topliss-reactive ketones (excluding diaryl/α,β-unsaturated/α-hetero) is 2. The molecule has 0 aliphatic heterocycles. The number of nitrogens with zero attached hydrogens (tertiary/aromatic N) is 3. The van der Waals surface area contributed by atoms with E-state index in [1.165, 1.54) is 12.4 Å². The van der Waals surface area contributed by atoms with Crippen LogP contribution in [0.5, 0.6) is 0 Å². The molecule has 0 radical (unpaired) electrons. The largest absolute Gasteiger partial charge is 0.332 e. The Bertz CT molecular complexity index is 546. The van der Waals surface area contributed by atoms with Gasteiger partial charge in [-0.1, -0.05) is 0 Å². The fourth-order valence-corrected chi connectivity index (χ4v) is 1.49. The van der Waals surface area contributed by atoms with Gasteiger partial charge in [0.05, 0.1) is 6.42 Å². The summed E-state index contributed by atoms with van der Waals surface area (Å²) in [6.45, 7) is 0. The number of hydrogen-bond donors (Lipinski definition) is 0. The van der Waals surface area contributed by atoms with E-state index in [0.29, 0.717) is 11.4 Å². The zero-order chi connectivity index (χ0) is 12.3. The second-order valence-corrected chi connectivity index (χ2v) is 3.63. The third kappa shape index (κ3) is 2.44. The smallest absolute Gasteiger partial charge is 0.205 e. The van der Waals surface area contributed by atoms with E-state index in [1.807, 2.05) is 0 Å². The van der Waals surface area contributed by atoms with Gasteiger partial charge in [-0.3, -0.25) is 14.6 Å². The molecule has 0 spiro atoms. The van der Waals surface area contributed by atoms with E-state index in [2.05, 4.69) is 9.97 Å². The molecule has 2 heterocycles. The summed E-state index contributed by atoms with van der Waals surface area (Å²) in [6.07, 6.45) is 6.05. The second kappa shape index (κ2) is 4.69. The first kappa shape index (κ1) is 11.2. The van der Waals surface area contributed by atoms with Crippen LogP contribution in [0.25, 0.3) is 0 Å². The van der Waals surface area contributed by atoms with Crippen molar-refractivity contribution < 1.29 is 9.59 Å². The SMILES string of the molecule is Cn1ccnc1C(=O)CC(=O)c1cccnc1. The van der Waals surface area contributed by atoms with Gasteiger partial charge in [0.2, 0.25) is 5.78 Å². The van der Waals surface area contributed by atoms with Crippen LogP contribution in [-0.2, 0) is 7.05 Å². The minimum atomic E-state index is -0.286. The van der Waals surface area contributed by atoms with E-state index in [-0.39, 0.29) is 18.0 Å². The maximum Gasteiger partial charge on any atom is 0.205 e. The van der Waals surface area contributed by atoms with Crippen molar-refractivity contribution >= 4 is 11.6 Å². The molecule has 0 bridgehead atoms. The summed E-state index contributed by atoms with van der Waals surface area (Å²) in [5.74, 6) is -0.236. The Morgan fingerprint density at radius 3 is 2.71 bits per heavy atom. The zero-order valence-electron chi connectivity index (χ0n) is 9.33. The number of hydrogen-bond acceptors (Lipinski definition) is 4. The molecule has 0 atom stereocenters. The highest BCUT2D eigenvalue weighted by Crippen LogP contribution is 2.06. The molecule has 0 saturated carbocycles. The van der Waals surface area contributed by atoms with Crippen LogP contribution in [0.2, 0.25) is 0 Å². The van der Waals surface area contributed by atoms with Gasteiger partial charge < -0.3 is 4.57 Å². The molecular formula is C12H11N3O2. The van der Waals surface area contributed by atoms with Crippen LogP contribution in [-0.4, -0.2) is 26.1 Å². The van der Waals surface area contributed by atoms with Gasteiger partial charge in [-0.2, -0.15) is 0 Å². The number of ketones is 2. The predicted octanol–water partition coefficient (Wildman–Crippen LogP) is 1.27. The Morgan fingerprint density at radius 2 is 2.12 bits per heavy atom. The fraction of sp³-hybridized carbons (Fsp3) is 0.167. The van der Waals surface area contributed by atoms with Crippen molar-refractivity contribution in [3.05, 3.63) is 48.3 Å². The van der Waals surface area contributed by atoms with E-state index in [0.717, 1.165) is 0 Å². The van der Waals surface area contributed by atoms with Crippen LogP contribution in [0.15, 0.2) is 36.9 Å². The van der Waals surface area contributed by atoms with E-state index >= 15 is 0 Å². The van der Waals surface area contributed by atoms with Crippen LogP contribution in [0, 0.1) is 0 Å². The highest BCUT2D eigenvalue weighted by atomic mass is 16.1. The van der Waals surface area contributed by atoms with Crippen molar-refractivity contribution in [2.75, 3.05) is 0 Å². The first-order chi connectivity index (χ1) is 8.18. The molecule has 0 aliphatic carbocycles. The molecule has 0 saturated heterocycles. The van der Waals surface area contributed by atoms with Crippen molar-refractivity contribution in [3.8, 4) is 0 Å². The summed E-state index contributed by atoms with van der Waals surface area (Å²) in [6, 6.07) is 3.31. The van der Waals surface area contributed by atoms with E-state index < -0.39 is 0 Å². The topological polar surface area (TPSA) is 64.8 Å². The van der Waals surface area contributed by atoms with Gasteiger partial charge in [0.25, 0.3) is 0 Å². The lowest BCUT2D eigenvalue weighted by Crippen LogP contribution is -2.13. The Morgan fingerprint density at radius 1 is 1.29 bits per heavy atom. The standard InChI is InChI=1S/C12H11N3O2/c1-15-6-5-14-12(15)11(17)7-10(16)9-3-2-4-13-8-9/h2-6,8H,7H2,1H3. The Labute approximate surface area is 98.1 Å². The fourth-order valence-electron chi connectivity index (χ4n) is 1.49. The average Bonchev–Trinajstić information content (AvgIpc) is 2.76. The molecule has 0 aromatic carbocycles. The maximum absolute atomic E-state index is 11.8. The quantitative estimate of drug-likeness (QED) is 0.585. The Kier molecular flexibility index (Phi) is 3.09. The molecule has 2 aromatic heterocycles. The van der Waals surface area contributed by atoms with Gasteiger partial charge >= 0.3 is 0 Å². The zero-order valence-corrected chi connectivity index (χ0v) is 9.33. The Hall–Kier alpha value is -2.30. The van der Waals surface area contributed by atoms with Crippen LogP contribution in [0.4, 0.5) is 0 Å². The normalized spacial score (nSPS) is 10.2. The summed E-state index contributed by atoms with van der Waals surface area (Å²) in [4.78, 5) is 31.3. The van der Waals surface area contributed by atoms with Crippen molar-refractivity contribution in [2.24, 2.45) is 7.05 Å². The van der Waals surface area contributed by atoms with Gasteiger partial charge in [-0.05, 0) is 12.1 Å². The molecule has 86 valence electrons. The number of carbonyl (C=O) groups is 2.